The van der Waals surface area contributed by atoms with Crippen molar-refractivity contribution in [3.8, 4) is 5.69 Å². The minimum Gasteiger partial charge on any atom is -0.477 e. The second kappa shape index (κ2) is 9.20. The van der Waals surface area contributed by atoms with Crippen molar-refractivity contribution < 1.29 is 19.0 Å². The highest BCUT2D eigenvalue weighted by Crippen LogP contribution is 2.43. The van der Waals surface area contributed by atoms with E-state index in [9.17, 15) is 14.3 Å². The molecule has 0 spiro atoms. The molecule has 0 radical (unpaired) electrons. The average molecular weight is 480 g/mol. The molecule has 6 rings (SSSR count). The number of nitrogens with zero attached hydrogens (tertiary/aromatic N) is 5. The molecule has 1 aromatic carbocycles. The summed E-state index contributed by atoms with van der Waals surface area (Å²) in [6.45, 7) is 5.21. The van der Waals surface area contributed by atoms with Crippen molar-refractivity contribution in [2.75, 3.05) is 44.3 Å². The highest BCUT2D eigenvalue weighted by molar-refractivity contribution is 5.98. The van der Waals surface area contributed by atoms with Gasteiger partial charge in [-0.05, 0) is 49.9 Å². The zero-order chi connectivity index (χ0) is 23.9. The van der Waals surface area contributed by atoms with E-state index in [-0.39, 0.29) is 11.5 Å². The number of aromatic carboxylic acids is 1. The SMILES string of the molecule is O=C(O)c1cc(N2CCC(N3CCOCC3)CC2)c2c(C3CCC3)nn(-c3cccc(F)c3)c2n1. The van der Waals surface area contributed by atoms with Crippen LogP contribution in [0, 0.1) is 5.82 Å². The summed E-state index contributed by atoms with van der Waals surface area (Å²) in [5.41, 5.74) is 2.86. The first-order chi connectivity index (χ1) is 17.1. The highest BCUT2D eigenvalue weighted by Gasteiger charge is 2.32. The van der Waals surface area contributed by atoms with Crippen molar-refractivity contribution in [2.45, 2.75) is 44.1 Å². The largest absolute Gasteiger partial charge is 0.477 e. The van der Waals surface area contributed by atoms with Crippen molar-refractivity contribution in [3.63, 3.8) is 0 Å². The molecule has 0 bridgehead atoms. The summed E-state index contributed by atoms with van der Waals surface area (Å²) in [5, 5.41) is 15.7. The minimum absolute atomic E-state index is 0.0134. The smallest absolute Gasteiger partial charge is 0.354 e. The van der Waals surface area contributed by atoms with Crippen LogP contribution in [0.1, 0.15) is 54.2 Å². The number of fused-ring (bicyclic) bond motifs is 1. The Morgan fingerprint density at radius 2 is 1.83 bits per heavy atom. The van der Waals surface area contributed by atoms with Gasteiger partial charge in [-0.1, -0.05) is 12.5 Å². The molecule has 1 saturated carbocycles. The van der Waals surface area contributed by atoms with E-state index in [1.54, 1.807) is 22.9 Å². The Hall–Kier alpha value is -3.04. The number of hydrogen-bond donors (Lipinski definition) is 1. The third-order valence-corrected chi connectivity index (χ3v) is 7.78. The third kappa shape index (κ3) is 4.16. The number of anilines is 1. The standard InChI is InChI=1S/C26H30FN5O3/c27-18-5-2-6-20(15-18)32-25-23(24(29-32)17-3-1-4-17)22(16-21(28-25)26(33)34)31-9-7-19(8-10-31)30-11-13-35-14-12-30/h2,5-6,15-17,19H,1,3-4,7-14H2,(H,33,34). The summed E-state index contributed by atoms with van der Waals surface area (Å²) >= 11 is 0. The summed E-state index contributed by atoms with van der Waals surface area (Å²) in [6.07, 6.45) is 5.29. The van der Waals surface area contributed by atoms with Crippen LogP contribution < -0.4 is 4.90 Å². The first-order valence-electron chi connectivity index (χ1n) is 12.6. The van der Waals surface area contributed by atoms with Crippen LogP contribution in [0.25, 0.3) is 16.7 Å². The molecule has 0 atom stereocenters. The Morgan fingerprint density at radius 1 is 1.06 bits per heavy atom. The quantitative estimate of drug-likeness (QED) is 0.596. The zero-order valence-electron chi connectivity index (χ0n) is 19.7. The molecule has 3 aliphatic rings. The van der Waals surface area contributed by atoms with Crippen LogP contribution in [0.2, 0.25) is 0 Å². The Morgan fingerprint density at radius 3 is 2.49 bits per heavy atom. The van der Waals surface area contributed by atoms with E-state index < -0.39 is 5.97 Å². The lowest BCUT2D eigenvalue weighted by atomic mass is 9.82. The molecule has 3 aromatic rings. The molecule has 0 unspecified atom stereocenters. The topological polar surface area (TPSA) is 83.7 Å². The Bertz CT molecular complexity index is 1240. The number of carboxylic acids is 1. The number of morpholine rings is 1. The van der Waals surface area contributed by atoms with Gasteiger partial charge in [0.15, 0.2) is 11.3 Å². The summed E-state index contributed by atoms with van der Waals surface area (Å²) < 4.78 is 21.2. The number of ether oxygens (including phenoxy) is 1. The van der Waals surface area contributed by atoms with E-state index in [1.165, 1.54) is 12.1 Å². The van der Waals surface area contributed by atoms with E-state index in [0.29, 0.717) is 23.3 Å². The van der Waals surface area contributed by atoms with Crippen molar-refractivity contribution in [1.82, 2.24) is 19.7 Å². The lowest BCUT2D eigenvalue weighted by Crippen LogP contribution is -2.49. The van der Waals surface area contributed by atoms with Gasteiger partial charge in [0.05, 0.1) is 35.7 Å². The number of hydrogen-bond acceptors (Lipinski definition) is 6. The van der Waals surface area contributed by atoms with Gasteiger partial charge in [0.25, 0.3) is 0 Å². The number of pyridine rings is 1. The monoisotopic (exact) mass is 479 g/mol. The van der Waals surface area contributed by atoms with Crippen LogP contribution in [-0.4, -0.2) is 76.2 Å². The average Bonchev–Trinajstić information content (AvgIpc) is 3.22. The molecule has 3 fully saturated rings. The molecule has 35 heavy (non-hydrogen) atoms. The van der Waals surface area contributed by atoms with Gasteiger partial charge in [-0.3, -0.25) is 4.90 Å². The Balaban J connectivity index is 1.43. The summed E-state index contributed by atoms with van der Waals surface area (Å²) in [4.78, 5) is 21.4. The van der Waals surface area contributed by atoms with Crippen LogP contribution in [0.4, 0.5) is 10.1 Å². The second-order valence-corrected chi connectivity index (χ2v) is 9.80. The normalized spacial score (nSPS) is 20.3. The number of rotatable bonds is 5. The first kappa shape index (κ1) is 22.4. The molecular weight excluding hydrogens is 449 g/mol. The van der Waals surface area contributed by atoms with E-state index >= 15 is 0 Å². The van der Waals surface area contributed by atoms with Gasteiger partial charge in [0.1, 0.15) is 5.82 Å². The highest BCUT2D eigenvalue weighted by atomic mass is 19.1. The number of benzene rings is 1. The third-order valence-electron chi connectivity index (χ3n) is 7.78. The van der Waals surface area contributed by atoms with Crippen molar-refractivity contribution in [1.29, 1.82) is 0 Å². The molecular formula is C26H30FN5O3. The van der Waals surface area contributed by atoms with Gasteiger partial charge in [0, 0.05) is 38.1 Å². The van der Waals surface area contributed by atoms with Gasteiger partial charge >= 0.3 is 5.97 Å². The first-order valence-corrected chi connectivity index (χ1v) is 12.6. The van der Waals surface area contributed by atoms with Crippen LogP contribution in [0.5, 0.6) is 0 Å². The molecule has 9 heteroatoms. The second-order valence-electron chi connectivity index (χ2n) is 9.80. The fourth-order valence-electron chi connectivity index (χ4n) is 5.65. The lowest BCUT2D eigenvalue weighted by Gasteiger charge is -2.41. The van der Waals surface area contributed by atoms with Crippen LogP contribution >= 0.6 is 0 Å². The Kier molecular flexibility index (Phi) is 5.89. The van der Waals surface area contributed by atoms with Gasteiger partial charge in [0.2, 0.25) is 0 Å². The van der Waals surface area contributed by atoms with Crippen molar-refractivity contribution >= 4 is 22.7 Å². The maximum absolute atomic E-state index is 14.1. The van der Waals surface area contributed by atoms with Gasteiger partial charge < -0.3 is 14.7 Å². The molecule has 8 nitrogen and oxygen atoms in total. The molecule has 4 heterocycles. The van der Waals surface area contributed by atoms with E-state index in [1.807, 2.05) is 0 Å². The summed E-state index contributed by atoms with van der Waals surface area (Å²) in [6, 6.07) is 8.45. The maximum atomic E-state index is 14.1. The van der Waals surface area contributed by atoms with E-state index in [2.05, 4.69) is 14.8 Å². The van der Waals surface area contributed by atoms with Gasteiger partial charge in [-0.15, -0.1) is 0 Å². The minimum atomic E-state index is -1.08. The van der Waals surface area contributed by atoms with Crippen LogP contribution in [0.3, 0.4) is 0 Å². The number of carboxylic acid groups (broad SMARTS) is 1. The Labute approximate surface area is 203 Å². The van der Waals surface area contributed by atoms with Crippen molar-refractivity contribution in [3.05, 3.63) is 47.5 Å². The fraction of sp³-hybridized carbons (Fsp3) is 0.500. The molecule has 1 N–H and O–H groups in total. The summed E-state index contributed by atoms with van der Waals surface area (Å²) in [7, 11) is 0. The number of piperidine rings is 1. The van der Waals surface area contributed by atoms with Crippen LogP contribution in [-0.2, 0) is 4.74 Å². The summed E-state index contributed by atoms with van der Waals surface area (Å²) in [5.74, 6) is -1.13. The molecule has 2 aliphatic heterocycles. The predicted octanol–water partition coefficient (Wildman–Crippen LogP) is 3.83. The molecule has 184 valence electrons. The number of halogens is 1. The van der Waals surface area contributed by atoms with Crippen LogP contribution in [0.15, 0.2) is 30.3 Å². The van der Waals surface area contributed by atoms with Gasteiger partial charge in [-0.2, -0.15) is 5.10 Å². The number of carbonyl (C=O) groups is 1. The van der Waals surface area contributed by atoms with E-state index in [4.69, 9.17) is 9.84 Å². The maximum Gasteiger partial charge on any atom is 0.354 e. The predicted molar refractivity (Wildman–Crippen MR) is 130 cm³/mol. The molecule has 2 saturated heterocycles. The molecule has 0 amide bonds. The van der Waals surface area contributed by atoms with Crippen molar-refractivity contribution in [2.24, 2.45) is 0 Å². The molecule has 2 aromatic heterocycles. The number of aromatic nitrogens is 3. The molecule has 1 aliphatic carbocycles. The van der Waals surface area contributed by atoms with Gasteiger partial charge in [-0.25, -0.2) is 18.9 Å². The van der Waals surface area contributed by atoms with E-state index in [0.717, 1.165) is 88.3 Å². The zero-order valence-corrected chi connectivity index (χ0v) is 19.7. The fourth-order valence-corrected chi connectivity index (χ4v) is 5.65. The lowest BCUT2D eigenvalue weighted by molar-refractivity contribution is 0.0115.